The van der Waals surface area contributed by atoms with Gasteiger partial charge in [0.15, 0.2) is 0 Å². The minimum absolute atomic E-state index is 0.0394. The third-order valence-corrected chi connectivity index (χ3v) is 2.24. The number of nitrogens with one attached hydrogen (secondary N) is 2. The van der Waals surface area contributed by atoms with Gasteiger partial charge in [-0.1, -0.05) is 6.92 Å². The van der Waals surface area contributed by atoms with Gasteiger partial charge in [-0.2, -0.15) is 0 Å². The third-order valence-electron chi connectivity index (χ3n) is 2.24. The van der Waals surface area contributed by atoms with E-state index in [1.165, 1.54) is 4.90 Å². The molecule has 0 aromatic rings. The highest BCUT2D eigenvalue weighted by Gasteiger charge is 2.31. The summed E-state index contributed by atoms with van der Waals surface area (Å²) in [5.74, 6) is 3.84. The first-order valence-corrected chi connectivity index (χ1v) is 4.65. The minimum atomic E-state index is -0.537. The summed E-state index contributed by atoms with van der Waals surface area (Å²) in [6, 6.07) is -0.537. The standard InChI is InChI=1S/C8H14N4O3/c1-2-5(8(15)11-9)12-3-6(13)10-7(14)4-12/h5H,2-4,9H2,1H3,(H,11,15)(H,10,13,14). The first-order valence-electron chi connectivity index (χ1n) is 4.65. The maximum atomic E-state index is 11.3. The largest absolute Gasteiger partial charge is 0.294 e. The van der Waals surface area contributed by atoms with Crippen LogP contribution in [0.3, 0.4) is 0 Å². The van der Waals surface area contributed by atoms with Crippen molar-refractivity contribution in [3.05, 3.63) is 0 Å². The molecule has 1 heterocycles. The molecule has 1 rings (SSSR count). The Labute approximate surface area is 86.9 Å². The first-order chi connectivity index (χ1) is 7.08. The molecular formula is C8H14N4O3. The smallest absolute Gasteiger partial charge is 0.251 e. The van der Waals surface area contributed by atoms with Gasteiger partial charge in [-0.25, -0.2) is 5.84 Å². The van der Waals surface area contributed by atoms with Crippen LogP contribution in [0.1, 0.15) is 13.3 Å². The molecule has 1 unspecified atom stereocenters. The topological polar surface area (TPSA) is 105 Å². The summed E-state index contributed by atoms with van der Waals surface area (Å²) in [5.41, 5.74) is 2.02. The van der Waals surface area contributed by atoms with Gasteiger partial charge in [-0.05, 0) is 6.42 Å². The zero-order valence-corrected chi connectivity index (χ0v) is 8.45. The van der Waals surface area contributed by atoms with Crippen LogP contribution in [0.15, 0.2) is 0 Å². The molecule has 0 radical (unpaired) electrons. The van der Waals surface area contributed by atoms with Crippen LogP contribution in [0.4, 0.5) is 0 Å². The SMILES string of the molecule is CCC(C(=O)NN)N1CC(=O)NC(=O)C1. The van der Waals surface area contributed by atoms with E-state index in [-0.39, 0.29) is 19.0 Å². The second-order valence-electron chi connectivity index (χ2n) is 3.31. The minimum Gasteiger partial charge on any atom is -0.294 e. The molecular weight excluding hydrogens is 200 g/mol. The highest BCUT2D eigenvalue weighted by atomic mass is 16.2. The van der Waals surface area contributed by atoms with Gasteiger partial charge in [-0.3, -0.25) is 30.0 Å². The second-order valence-corrected chi connectivity index (χ2v) is 3.31. The van der Waals surface area contributed by atoms with Crippen molar-refractivity contribution in [2.45, 2.75) is 19.4 Å². The van der Waals surface area contributed by atoms with Crippen LogP contribution in [-0.4, -0.2) is 41.8 Å². The number of hydrazine groups is 1. The van der Waals surface area contributed by atoms with E-state index in [2.05, 4.69) is 5.32 Å². The average Bonchev–Trinajstić information content (AvgIpc) is 2.17. The van der Waals surface area contributed by atoms with E-state index in [4.69, 9.17) is 5.84 Å². The van der Waals surface area contributed by atoms with E-state index in [1.807, 2.05) is 5.43 Å². The Kier molecular flexibility index (Phi) is 3.75. The summed E-state index contributed by atoms with van der Waals surface area (Å²) in [5, 5.41) is 2.16. The quantitative estimate of drug-likeness (QED) is 0.212. The van der Waals surface area contributed by atoms with E-state index >= 15 is 0 Å². The van der Waals surface area contributed by atoms with Gasteiger partial charge in [0.2, 0.25) is 11.8 Å². The fourth-order valence-electron chi connectivity index (χ4n) is 1.59. The lowest BCUT2D eigenvalue weighted by Gasteiger charge is -2.31. The highest BCUT2D eigenvalue weighted by molar-refractivity contribution is 6.00. The number of hydrogen-bond donors (Lipinski definition) is 3. The lowest BCUT2D eigenvalue weighted by atomic mass is 10.1. The van der Waals surface area contributed by atoms with Crippen LogP contribution in [-0.2, 0) is 14.4 Å². The number of hydrogen-bond acceptors (Lipinski definition) is 5. The molecule has 7 nitrogen and oxygen atoms in total. The molecule has 0 aliphatic carbocycles. The Morgan fingerprint density at radius 2 is 2.07 bits per heavy atom. The van der Waals surface area contributed by atoms with E-state index < -0.39 is 17.9 Å². The maximum Gasteiger partial charge on any atom is 0.251 e. The fourth-order valence-corrected chi connectivity index (χ4v) is 1.59. The molecule has 0 aromatic heterocycles. The Hall–Kier alpha value is -1.47. The summed E-state index contributed by atoms with van der Waals surface area (Å²) in [7, 11) is 0. The van der Waals surface area contributed by atoms with Gasteiger partial charge in [0.25, 0.3) is 5.91 Å². The molecule has 4 N–H and O–H groups in total. The zero-order valence-electron chi connectivity index (χ0n) is 8.45. The van der Waals surface area contributed by atoms with Gasteiger partial charge in [0, 0.05) is 0 Å². The molecule has 84 valence electrons. The fraction of sp³-hybridized carbons (Fsp3) is 0.625. The lowest BCUT2D eigenvalue weighted by Crippen LogP contribution is -2.58. The van der Waals surface area contributed by atoms with Crippen molar-refractivity contribution in [1.82, 2.24) is 15.6 Å². The van der Waals surface area contributed by atoms with Crippen LogP contribution < -0.4 is 16.6 Å². The van der Waals surface area contributed by atoms with Crippen molar-refractivity contribution >= 4 is 17.7 Å². The number of carbonyl (C=O) groups is 3. The van der Waals surface area contributed by atoms with E-state index in [0.29, 0.717) is 6.42 Å². The Balaban J connectivity index is 2.71. The zero-order chi connectivity index (χ0) is 11.4. The molecule has 1 aliphatic rings. The van der Waals surface area contributed by atoms with Crippen LogP contribution in [0.25, 0.3) is 0 Å². The van der Waals surface area contributed by atoms with Crippen molar-refractivity contribution in [2.75, 3.05) is 13.1 Å². The average molecular weight is 214 g/mol. The van der Waals surface area contributed by atoms with Gasteiger partial charge >= 0.3 is 0 Å². The van der Waals surface area contributed by atoms with Crippen molar-refractivity contribution in [2.24, 2.45) is 5.84 Å². The number of amides is 3. The Bertz CT molecular complexity index is 276. The second kappa shape index (κ2) is 4.85. The molecule has 1 saturated heterocycles. The number of nitrogens with two attached hydrogens (primary N) is 1. The van der Waals surface area contributed by atoms with E-state index in [0.717, 1.165) is 0 Å². The van der Waals surface area contributed by atoms with Crippen LogP contribution in [0, 0.1) is 0 Å². The number of carbonyl (C=O) groups excluding carboxylic acids is 3. The monoisotopic (exact) mass is 214 g/mol. The summed E-state index contributed by atoms with van der Waals surface area (Å²) in [4.78, 5) is 35.0. The molecule has 0 aromatic carbocycles. The summed E-state index contributed by atoms with van der Waals surface area (Å²) in [6.45, 7) is 1.87. The molecule has 1 atom stereocenters. The summed E-state index contributed by atoms with van der Waals surface area (Å²) < 4.78 is 0. The molecule has 7 heteroatoms. The Morgan fingerprint density at radius 3 is 2.47 bits per heavy atom. The van der Waals surface area contributed by atoms with Crippen molar-refractivity contribution in [1.29, 1.82) is 0 Å². The Morgan fingerprint density at radius 1 is 1.53 bits per heavy atom. The molecule has 1 fully saturated rings. The molecule has 0 spiro atoms. The molecule has 3 amide bonds. The van der Waals surface area contributed by atoms with Crippen molar-refractivity contribution < 1.29 is 14.4 Å². The number of rotatable bonds is 3. The van der Waals surface area contributed by atoms with Gasteiger partial charge in [-0.15, -0.1) is 0 Å². The van der Waals surface area contributed by atoms with Gasteiger partial charge < -0.3 is 0 Å². The normalized spacial score (nSPS) is 19.6. The third kappa shape index (κ3) is 2.74. The predicted octanol–water partition coefficient (Wildman–Crippen LogP) is -2.29. The lowest BCUT2D eigenvalue weighted by molar-refractivity contribution is -0.139. The summed E-state index contributed by atoms with van der Waals surface area (Å²) >= 11 is 0. The highest BCUT2D eigenvalue weighted by Crippen LogP contribution is 2.06. The maximum absolute atomic E-state index is 11.3. The van der Waals surface area contributed by atoms with Crippen molar-refractivity contribution in [3.63, 3.8) is 0 Å². The van der Waals surface area contributed by atoms with Crippen LogP contribution in [0.5, 0.6) is 0 Å². The molecule has 0 bridgehead atoms. The predicted molar refractivity (Wildman–Crippen MR) is 51.1 cm³/mol. The molecule has 15 heavy (non-hydrogen) atoms. The number of piperazine rings is 1. The molecule has 0 saturated carbocycles. The summed E-state index contributed by atoms with van der Waals surface area (Å²) in [6.07, 6.45) is 0.490. The van der Waals surface area contributed by atoms with Crippen LogP contribution in [0.2, 0.25) is 0 Å². The van der Waals surface area contributed by atoms with E-state index in [9.17, 15) is 14.4 Å². The number of imide groups is 1. The van der Waals surface area contributed by atoms with Gasteiger partial charge in [0.1, 0.15) is 0 Å². The molecule has 1 aliphatic heterocycles. The van der Waals surface area contributed by atoms with Gasteiger partial charge in [0.05, 0.1) is 19.1 Å². The number of nitrogens with zero attached hydrogens (tertiary/aromatic N) is 1. The van der Waals surface area contributed by atoms with Crippen LogP contribution >= 0.6 is 0 Å². The van der Waals surface area contributed by atoms with E-state index in [1.54, 1.807) is 6.92 Å². The van der Waals surface area contributed by atoms with Crippen molar-refractivity contribution in [3.8, 4) is 0 Å². The first kappa shape index (κ1) is 11.6.